The van der Waals surface area contributed by atoms with E-state index < -0.39 is 6.10 Å². The highest BCUT2D eigenvalue weighted by Gasteiger charge is 2.02. The Morgan fingerprint density at radius 2 is 1.83 bits per heavy atom. The van der Waals surface area contributed by atoms with Crippen molar-refractivity contribution in [2.75, 3.05) is 0 Å². The maximum absolute atomic E-state index is 9.22. The van der Waals surface area contributed by atoms with Crippen molar-refractivity contribution < 1.29 is 15.4 Å². The second-order valence-electron chi connectivity index (χ2n) is 2.30. The van der Waals surface area contributed by atoms with Crippen LogP contribution in [0.4, 0.5) is 0 Å². The number of hydrogen-bond acceptors (Lipinski definition) is 4. The molecule has 1 unspecified atom stereocenters. The lowest BCUT2D eigenvalue weighted by molar-refractivity contribution is 0.241. The molecule has 1 aromatic carbocycles. The Morgan fingerprint density at radius 1 is 1.25 bits per heavy atom. The van der Waals surface area contributed by atoms with E-state index in [0.29, 0.717) is 5.56 Å². The number of benzene rings is 1. The van der Waals surface area contributed by atoms with Gasteiger partial charge in [-0.25, -0.2) is 0 Å². The quantitative estimate of drug-likeness (QED) is 0.348. The largest absolute Gasteiger partial charge is 0.508 e. The molecule has 3 N–H and O–H groups in total. The van der Waals surface area contributed by atoms with Gasteiger partial charge in [-0.1, -0.05) is 17.3 Å². The second kappa shape index (κ2) is 3.73. The summed E-state index contributed by atoms with van der Waals surface area (Å²) >= 11 is 0. The van der Waals surface area contributed by atoms with Crippen LogP contribution in [-0.4, -0.2) is 21.6 Å². The van der Waals surface area contributed by atoms with Crippen LogP contribution in [0.15, 0.2) is 29.4 Å². The number of oxime groups is 1. The van der Waals surface area contributed by atoms with Crippen molar-refractivity contribution in [1.29, 1.82) is 0 Å². The summed E-state index contributed by atoms with van der Waals surface area (Å²) in [6, 6.07) is 5.98. The Labute approximate surface area is 69.4 Å². The van der Waals surface area contributed by atoms with E-state index in [2.05, 4.69) is 5.16 Å². The lowest BCUT2D eigenvalue weighted by Gasteiger charge is -2.03. The molecule has 1 aromatic rings. The van der Waals surface area contributed by atoms with Crippen LogP contribution in [0.2, 0.25) is 0 Å². The Balaban J connectivity index is 2.82. The number of aromatic hydroxyl groups is 1. The van der Waals surface area contributed by atoms with Crippen molar-refractivity contribution in [3.63, 3.8) is 0 Å². The van der Waals surface area contributed by atoms with Crippen LogP contribution in [-0.2, 0) is 0 Å². The molecule has 0 bridgehead atoms. The summed E-state index contributed by atoms with van der Waals surface area (Å²) in [5, 5.41) is 28.9. The smallest absolute Gasteiger partial charge is 0.117 e. The third kappa shape index (κ3) is 1.96. The van der Waals surface area contributed by atoms with Gasteiger partial charge in [0.15, 0.2) is 0 Å². The van der Waals surface area contributed by atoms with Gasteiger partial charge >= 0.3 is 0 Å². The van der Waals surface area contributed by atoms with E-state index in [0.717, 1.165) is 6.21 Å². The van der Waals surface area contributed by atoms with Crippen LogP contribution in [0.1, 0.15) is 11.7 Å². The number of hydrogen-bond donors (Lipinski definition) is 3. The van der Waals surface area contributed by atoms with Gasteiger partial charge < -0.3 is 15.4 Å². The average Bonchev–Trinajstić information content (AvgIpc) is 2.06. The van der Waals surface area contributed by atoms with Gasteiger partial charge in [0.1, 0.15) is 11.9 Å². The molecular weight excluding hydrogens is 158 g/mol. The van der Waals surface area contributed by atoms with Crippen molar-refractivity contribution in [3.8, 4) is 5.75 Å². The van der Waals surface area contributed by atoms with Crippen LogP contribution >= 0.6 is 0 Å². The zero-order valence-corrected chi connectivity index (χ0v) is 6.25. The number of nitrogens with zero attached hydrogens (tertiary/aromatic N) is 1. The van der Waals surface area contributed by atoms with E-state index in [-0.39, 0.29) is 5.75 Å². The first kappa shape index (κ1) is 8.55. The lowest BCUT2D eigenvalue weighted by Crippen LogP contribution is -1.97. The van der Waals surface area contributed by atoms with Gasteiger partial charge in [-0.3, -0.25) is 0 Å². The molecule has 0 spiro atoms. The Hall–Kier alpha value is -1.55. The van der Waals surface area contributed by atoms with E-state index in [1.54, 1.807) is 12.1 Å². The van der Waals surface area contributed by atoms with Crippen molar-refractivity contribution in [2.24, 2.45) is 5.16 Å². The van der Waals surface area contributed by atoms with E-state index >= 15 is 0 Å². The summed E-state index contributed by atoms with van der Waals surface area (Å²) in [5.41, 5.74) is 0.561. The summed E-state index contributed by atoms with van der Waals surface area (Å²) in [4.78, 5) is 0. The van der Waals surface area contributed by atoms with Gasteiger partial charge in [-0.15, -0.1) is 0 Å². The predicted octanol–water partition coefficient (Wildman–Crippen LogP) is 0.886. The van der Waals surface area contributed by atoms with E-state index in [1.807, 2.05) is 0 Å². The van der Waals surface area contributed by atoms with Crippen LogP contribution in [0.25, 0.3) is 0 Å². The molecule has 64 valence electrons. The molecule has 0 heterocycles. The van der Waals surface area contributed by atoms with Crippen molar-refractivity contribution in [2.45, 2.75) is 6.10 Å². The number of rotatable bonds is 2. The van der Waals surface area contributed by atoms with Gasteiger partial charge in [0, 0.05) is 0 Å². The fraction of sp³-hybridized carbons (Fsp3) is 0.125. The summed E-state index contributed by atoms with van der Waals surface area (Å²) in [7, 11) is 0. The molecule has 12 heavy (non-hydrogen) atoms. The van der Waals surface area contributed by atoms with Crippen LogP contribution in [0, 0.1) is 0 Å². The Kier molecular flexibility index (Phi) is 2.66. The maximum Gasteiger partial charge on any atom is 0.117 e. The monoisotopic (exact) mass is 167 g/mol. The first-order valence-corrected chi connectivity index (χ1v) is 3.38. The minimum Gasteiger partial charge on any atom is -0.508 e. The second-order valence-corrected chi connectivity index (χ2v) is 2.30. The third-order valence-electron chi connectivity index (χ3n) is 1.44. The molecule has 0 aliphatic heterocycles. The molecule has 0 aliphatic rings. The molecule has 0 amide bonds. The average molecular weight is 167 g/mol. The number of aliphatic hydroxyl groups excluding tert-OH is 1. The zero-order chi connectivity index (χ0) is 8.97. The van der Waals surface area contributed by atoms with E-state index in [9.17, 15) is 5.11 Å². The molecule has 4 heteroatoms. The molecule has 1 atom stereocenters. The normalized spacial score (nSPS) is 13.4. The summed E-state index contributed by atoms with van der Waals surface area (Å²) in [6.07, 6.45) is 0.0578. The lowest BCUT2D eigenvalue weighted by atomic mass is 10.1. The first-order chi connectivity index (χ1) is 5.74. The fourth-order valence-corrected chi connectivity index (χ4v) is 0.821. The Bertz CT molecular complexity index is 268. The number of aliphatic hydroxyl groups is 1. The third-order valence-corrected chi connectivity index (χ3v) is 1.44. The topological polar surface area (TPSA) is 73.1 Å². The predicted molar refractivity (Wildman–Crippen MR) is 43.3 cm³/mol. The minimum absolute atomic E-state index is 0.131. The molecule has 0 fully saturated rings. The van der Waals surface area contributed by atoms with Gasteiger partial charge in [-0.05, 0) is 17.7 Å². The molecule has 4 nitrogen and oxygen atoms in total. The standard InChI is InChI=1S/C8H9NO3/c10-7-3-1-6(2-4-7)8(11)5-9-12/h1-5,8,10-12H. The maximum atomic E-state index is 9.22. The van der Waals surface area contributed by atoms with Gasteiger partial charge in [0.25, 0.3) is 0 Å². The SMILES string of the molecule is ON=CC(O)c1ccc(O)cc1. The zero-order valence-electron chi connectivity index (χ0n) is 6.25. The van der Waals surface area contributed by atoms with Crippen LogP contribution in [0.3, 0.4) is 0 Å². The van der Waals surface area contributed by atoms with E-state index in [1.165, 1.54) is 12.1 Å². The molecular formula is C8H9NO3. The molecule has 0 aromatic heterocycles. The molecule has 0 radical (unpaired) electrons. The first-order valence-electron chi connectivity index (χ1n) is 3.38. The van der Waals surface area contributed by atoms with Crippen molar-refractivity contribution in [3.05, 3.63) is 29.8 Å². The highest BCUT2D eigenvalue weighted by Crippen LogP contribution is 2.14. The minimum atomic E-state index is -0.935. The van der Waals surface area contributed by atoms with Gasteiger partial charge in [0.05, 0.1) is 6.21 Å². The van der Waals surface area contributed by atoms with Crippen molar-refractivity contribution >= 4 is 6.21 Å². The van der Waals surface area contributed by atoms with Gasteiger partial charge in [-0.2, -0.15) is 0 Å². The molecule has 0 saturated carbocycles. The summed E-state index contributed by atoms with van der Waals surface area (Å²) in [5.74, 6) is 0.131. The number of phenols is 1. The van der Waals surface area contributed by atoms with Crippen molar-refractivity contribution in [1.82, 2.24) is 0 Å². The summed E-state index contributed by atoms with van der Waals surface area (Å²) in [6.45, 7) is 0. The highest BCUT2D eigenvalue weighted by molar-refractivity contribution is 5.64. The Morgan fingerprint density at radius 3 is 2.33 bits per heavy atom. The molecule has 0 aliphatic carbocycles. The van der Waals surface area contributed by atoms with Gasteiger partial charge in [0.2, 0.25) is 0 Å². The van der Waals surface area contributed by atoms with Crippen LogP contribution < -0.4 is 0 Å². The molecule has 0 saturated heterocycles. The highest BCUT2D eigenvalue weighted by atomic mass is 16.4. The molecule has 1 rings (SSSR count). The number of phenolic OH excluding ortho intramolecular Hbond substituents is 1. The van der Waals surface area contributed by atoms with E-state index in [4.69, 9.17) is 10.3 Å². The fourth-order valence-electron chi connectivity index (χ4n) is 0.821. The van der Waals surface area contributed by atoms with Crippen LogP contribution in [0.5, 0.6) is 5.75 Å². The summed E-state index contributed by atoms with van der Waals surface area (Å²) < 4.78 is 0.